The van der Waals surface area contributed by atoms with Crippen LogP contribution in [0.15, 0.2) is 32.8 Å². The molecule has 1 aliphatic carbocycles. The van der Waals surface area contributed by atoms with Crippen LogP contribution in [0.4, 0.5) is 5.13 Å². The van der Waals surface area contributed by atoms with E-state index in [4.69, 9.17) is 4.42 Å². The Kier molecular flexibility index (Phi) is 8.74. The molecule has 3 N–H and O–H groups in total. The van der Waals surface area contributed by atoms with E-state index in [1.165, 1.54) is 17.4 Å². The Morgan fingerprint density at radius 2 is 1.89 bits per heavy atom. The number of fused-ring (bicyclic) bond motifs is 1. The van der Waals surface area contributed by atoms with Gasteiger partial charge in [-0.15, -0.1) is 11.3 Å². The zero-order chi connectivity index (χ0) is 25.5. The molecule has 1 saturated carbocycles. The lowest BCUT2D eigenvalue weighted by Crippen LogP contribution is -2.33. The molecule has 2 heterocycles. The molecule has 8 nitrogen and oxygen atoms in total. The first-order valence-corrected chi connectivity index (χ1v) is 13.7. The Morgan fingerprint density at radius 1 is 1.11 bits per heavy atom. The highest BCUT2D eigenvalue weighted by Gasteiger charge is 2.18. The lowest BCUT2D eigenvalue weighted by molar-refractivity contribution is -0.124. The van der Waals surface area contributed by atoms with Gasteiger partial charge in [0.1, 0.15) is 11.3 Å². The Morgan fingerprint density at radius 3 is 2.67 bits per heavy atom. The van der Waals surface area contributed by atoms with Crippen LogP contribution < -0.4 is 16.3 Å². The van der Waals surface area contributed by atoms with Crippen molar-refractivity contribution in [1.82, 2.24) is 10.3 Å². The number of aryl methyl sites for hydroxylation is 1. The molecule has 9 heteroatoms. The summed E-state index contributed by atoms with van der Waals surface area (Å²) in [5.74, 6) is -0.280. The SMILES string of the molecule is CCCCCCc1cc2cc(-c3csc(NC(=O)CCC(=O)NC4CCCC4)n3)c(=O)oc2cc1O. The molecule has 0 saturated heterocycles. The standard InChI is InChI=1S/C27H33N3O5S/c1-2-3-4-5-8-17-13-18-14-20(26(34)35-23(18)15-22(17)31)21-16-36-27(29-21)30-25(33)12-11-24(32)28-19-9-6-7-10-19/h13-16,19,31H,2-12H2,1H3,(H,28,32)(H,29,30,33). The summed E-state index contributed by atoms with van der Waals surface area (Å²) in [6.07, 6.45) is 9.60. The summed E-state index contributed by atoms with van der Waals surface area (Å²) in [7, 11) is 0. The highest BCUT2D eigenvalue weighted by atomic mass is 32.1. The third-order valence-electron chi connectivity index (χ3n) is 6.56. The number of hydrogen-bond donors (Lipinski definition) is 3. The van der Waals surface area contributed by atoms with E-state index in [2.05, 4.69) is 22.5 Å². The molecule has 1 aliphatic rings. The van der Waals surface area contributed by atoms with Gasteiger partial charge in [0.25, 0.3) is 0 Å². The van der Waals surface area contributed by atoms with Crippen molar-refractivity contribution in [3.05, 3.63) is 39.6 Å². The van der Waals surface area contributed by atoms with Gasteiger partial charge in [-0.25, -0.2) is 9.78 Å². The molecule has 1 fully saturated rings. The first-order valence-electron chi connectivity index (χ1n) is 12.8. The largest absolute Gasteiger partial charge is 0.508 e. The number of phenolic OH excluding ortho intramolecular Hbond substituents is 1. The van der Waals surface area contributed by atoms with Crippen molar-refractivity contribution in [2.45, 2.75) is 83.6 Å². The summed E-state index contributed by atoms with van der Waals surface area (Å²) < 4.78 is 5.45. The van der Waals surface area contributed by atoms with Crippen molar-refractivity contribution in [2.75, 3.05) is 5.32 Å². The fourth-order valence-corrected chi connectivity index (χ4v) is 5.28. The number of anilines is 1. The van der Waals surface area contributed by atoms with Crippen molar-refractivity contribution in [2.24, 2.45) is 0 Å². The van der Waals surface area contributed by atoms with Crippen LogP contribution in [0.3, 0.4) is 0 Å². The minimum absolute atomic E-state index is 0.0656. The normalized spacial score (nSPS) is 13.8. The molecule has 0 atom stereocenters. The maximum Gasteiger partial charge on any atom is 0.345 e. The van der Waals surface area contributed by atoms with Crippen LogP contribution in [0.5, 0.6) is 5.75 Å². The van der Waals surface area contributed by atoms with Gasteiger partial charge in [-0.2, -0.15) is 0 Å². The topological polar surface area (TPSA) is 122 Å². The van der Waals surface area contributed by atoms with Gasteiger partial charge < -0.3 is 20.2 Å². The number of carbonyl (C=O) groups is 2. The van der Waals surface area contributed by atoms with E-state index in [1.807, 2.05) is 6.07 Å². The molecule has 2 amide bonds. The smallest absolute Gasteiger partial charge is 0.345 e. The molecule has 192 valence electrons. The van der Waals surface area contributed by atoms with Crippen LogP contribution in [-0.4, -0.2) is 27.9 Å². The van der Waals surface area contributed by atoms with Crippen LogP contribution in [0.25, 0.3) is 22.2 Å². The average molecular weight is 512 g/mol. The van der Waals surface area contributed by atoms with E-state index < -0.39 is 5.63 Å². The number of unbranched alkanes of at least 4 members (excludes halogenated alkanes) is 3. The number of carbonyl (C=O) groups excluding carboxylic acids is 2. The number of benzene rings is 1. The Hall–Kier alpha value is -3.20. The van der Waals surface area contributed by atoms with Gasteiger partial charge in [0.2, 0.25) is 11.8 Å². The third-order valence-corrected chi connectivity index (χ3v) is 7.32. The quantitative estimate of drug-likeness (QED) is 0.230. The second-order valence-electron chi connectivity index (χ2n) is 9.41. The predicted octanol–water partition coefficient (Wildman–Crippen LogP) is 5.52. The fraction of sp³-hybridized carbons (Fsp3) is 0.481. The van der Waals surface area contributed by atoms with Crippen LogP contribution in [0, 0.1) is 0 Å². The Balaban J connectivity index is 1.40. The second kappa shape index (κ2) is 12.2. The van der Waals surface area contributed by atoms with E-state index in [-0.39, 0.29) is 42.0 Å². The molecule has 0 aliphatic heterocycles. The number of nitrogens with one attached hydrogen (secondary N) is 2. The monoisotopic (exact) mass is 511 g/mol. The molecule has 0 radical (unpaired) electrons. The number of phenols is 1. The summed E-state index contributed by atoms with van der Waals surface area (Å²) >= 11 is 1.20. The Labute approximate surface area is 214 Å². The molecule has 1 aromatic carbocycles. The van der Waals surface area contributed by atoms with Crippen molar-refractivity contribution < 1.29 is 19.1 Å². The zero-order valence-electron chi connectivity index (χ0n) is 20.6. The van der Waals surface area contributed by atoms with Gasteiger partial charge in [-0.3, -0.25) is 9.59 Å². The third kappa shape index (κ3) is 6.72. The van der Waals surface area contributed by atoms with Gasteiger partial charge in [0, 0.05) is 35.7 Å². The fourth-order valence-electron chi connectivity index (χ4n) is 4.56. The van der Waals surface area contributed by atoms with E-state index in [9.17, 15) is 19.5 Å². The van der Waals surface area contributed by atoms with Gasteiger partial charge in [-0.05, 0) is 43.4 Å². The van der Waals surface area contributed by atoms with Crippen molar-refractivity contribution in [1.29, 1.82) is 0 Å². The lowest BCUT2D eigenvalue weighted by atomic mass is 10.0. The zero-order valence-corrected chi connectivity index (χ0v) is 21.4. The average Bonchev–Trinajstić information content (AvgIpc) is 3.53. The molecular weight excluding hydrogens is 478 g/mol. The molecule has 4 rings (SSSR count). The number of aromatic hydroxyl groups is 1. The molecule has 0 bridgehead atoms. The lowest BCUT2D eigenvalue weighted by Gasteiger charge is -2.11. The van der Waals surface area contributed by atoms with Crippen LogP contribution >= 0.6 is 11.3 Å². The summed E-state index contributed by atoms with van der Waals surface area (Å²) in [5, 5.41) is 18.8. The number of amides is 2. The van der Waals surface area contributed by atoms with Crippen LogP contribution in [0.2, 0.25) is 0 Å². The molecular formula is C27H33N3O5S. The van der Waals surface area contributed by atoms with E-state index >= 15 is 0 Å². The summed E-state index contributed by atoms with van der Waals surface area (Å²) in [6.45, 7) is 2.16. The van der Waals surface area contributed by atoms with E-state index in [0.717, 1.165) is 63.4 Å². The summed E-state index contributed by atoms with van der Waals surface area (Å²) in [5.41, 5.74) is 1.27. The van der Waals surface area contributed by atoms with Gasteiger partial charge in [0.15, 0.2) is 5.13 Å². The molecule has 0 spiro atoms. The highest BCUT2D eigenvalue weighted by Crippen LogP contribution is 2.30. The summed E-state index contributed by atoms with van der Waals surface area (Å²) in [6, 6.07) is 5.29. The number of rotatable bonds is 11. The van der Waals surface area contributed by atoms with Crippen LogP contribution in [-0.2, 0) is 16.0 Å². The molecule has 0 unspecified atom stereocenters. The number of thiazole rings is 1. The van der Waals surface area contributed by atoms with E-state index in [0.29, 0.717) is 21.8 Å². The molecule has 3 aromatic rings. The molecule has 36 heavy (non-hydrogen) atoms. The van der Waals surface area contributed by atoms with Crippen molar-refractivity contribution >= 4 is 39.3 Å². The number of hydrogen-bond acceptors (Lipinski definition) is 7. The minimum Gasteiger partial charge on any atom is -0.508 e. The Bertz CT molecular complexity index is 1280. The van der Waals surface area contributed by atoms with Crippen LogP contribution in [0.1, 0.15) is 76.7 Å². The van der Waals surface area contributed by atoms with Crippen molar-refractivity contribution in [3.63, 3.8) is 0 Å². The van der Waals surface area contributed by atoms with Gasteiger partial charge in [0.05, 0.1) is 11.3 Å². The second-order valence-corrected chi connectivity index (χ2v) is 10.3. The summed E-state index contributed by atoms with van der Waals surface area (Å²) in [4.78, 5) is 41.4. The van der Waals surface area contributed by atoms with Crippen molar-refractivity contribution in [3.8, 4) is 17.0 Å². The van der Waals surface area contributed by atoms with Gasteiger partial charge in [-0.1, -0.05) is 39.0 Å². The van der Waals surface area contributed by atoms with Gasteiger partial charge >= 0.3 is 5.63 Å². The first kappa shape index (κ1) is 25.9. The highest BCUT2D eigenvalue weighted by molar-refractivity contribution is 7.14. The maximum atomic E-state index is 12.6. The van der Waals surface area contributed by atoms with E-state index in [1.54, 1.807) is 11.4 Å². The predicted molar refractivity (Wildman–Crippen MR) is 141 cm³/mol. The number of aromatic nitrogens is 1. The minimum atomic E-state index is -0.565. The first-order chi connectivity index (χ1) is 17.4. The number of nitrogens with zero attached hydrogens (tertiary/aromatic N) is 1. The maximum absolute atomic E-state index is 12.6. The molecule has 2 aromatic heterocycles.